The van der Waals surface area contributed by atoms with Crippen LogP contribution in [0.5, 0.6) is 11.5 Å². The van der Waals surface area contributed by atoms with Crippen molar-refractivity contribution in [3.8, 4) is 11.5 Å². The Kier molecular flexibility index (Phi) is 7.35. The molecule has 0 saturated carbocycles. The molecule has 1 fully saturated rings. The lowest BCUT2D eigenvalue weighted by Gasteiger charge is -2.35. The monoisotopic (exact) mass is 548 g/mol. The van der Waals surface area contributed by atoms with E-state index in [0.29, 0.717) is 13.2 Å². The number of benzene rings is 2. The maximum Gasteiger partial charge on any atom is 0.242 e. The van der Waals surface area contributed by atoms with E-state index in [1.54, 1.807) is 12.1 Å². The molecule has 4 rings (SSSR count). The van der Waals surface area contributed by atoms with E-state index in [4.69, 9.17) is 32.7 Å². The molecule has 2 aromatic carbocycles. The Morgan fingerprint density at radius 1 is 1.13 bits per heavy atom. The number of sulfonamides is 1. The SMILES string of the molecule is O=S(=O)(NCC1CCN(CC2COc3ccc(Br)cc3O2)CC1)c1cccc(Cl)c1Cl. The van der Waals surface area contributed by atoms with E-state index in [0.717, 1.165) is 48.4 Å². The normalized spacial score (nSPS) is 20.0. The molecule has 0 spiro atoms. The first kappa shape index (κ1) is 23.1. The number of fused-ring (bicyclic) bond motifs is 1. The number of piperidine rings is 1. The lowest BCUT2D eigenvalue weighted by Crippen LogP contribution is -2.45. The molecular weight excluding hydrogens is 527 g/mol. The molecule has 2 aliphatic rings. The first-order valence-electron chi connectivity index (χ1n) is 10.1. The van der Waals surface area contributed by atoms with Crippen LogP contribution in [-0.2, 0) is 10.0 Å². The minimum atomic E-state index is -3.70. The van der Waals surface area contributed by atoms with Crippen LogP contribution in [0, 0.1) is 5.92 Å². The third kappa shape index (κ3) is 5.67. The molecule has 0 aliphatic carbocycles. The van der Waals surface area contributed by atoms with Gasteiger partial charge in [-0.1, -0.05) is 45.2 Å². The highest BCUT2D eigenvalue weighted by atomic mass is 79.9. The van der Waals surface area contributed by atoms with Crippen LogP contribution < -0.4 is 14.2 Å². The van der Waals surface area contributed by atoms with Crippen molar-refractivity contribution in [1.82, 2.24) is 9.62 Å². The van der Waals surface area contributed by atoms with E-state index in [1.165, 1.54) is 6.07 Å². The molecule has 31 heavy (non-hydrogen) atoms. The van der Waals surface area contributed by atoms with Crippen LogP contribution in [-0.4, -0.2) is 52.2 Å². The molecule has 6 nitrogen and oxygen atoms in total. The maximum absolute atomic E-state index is 12.6. The Labute approximate surface area is 201 Å². The maximum atomic E-state index is 12.6. The van der Waals surface area contributed by atoms with Gasteiger partial charge in [-0.05, 0) is 62.2 Å². The summed E-state index contributed by atoms with van der Waals surface area (Å²) < 4.78 is 40.8. The van der Waals surface area contributed by atoms with Crippen molar-refractivity contribution in [2.45, 2.75) is 23.8 Å². The predicted molar refractivity (Wildman–Crippen MR) is 125 cm³/mol. The molecule has 0 bridgehead atoms. The van der Waals surface area contributed by atoms with E-state index >= 15 is 0 Å². The number of rotatable bonds is 6. The average molecular weight is 550 g/mol. The third-order valence-corrected chi connectivity index (χ3v) is 8.45. The summed E-state index contributed by atoms with van der Waals surface area (Å²) in [5, 5.41) is 0.275. The van der Waals surface area contributed by atoms with Gasteiger partial charge in [0.25, 0.3) is 0 Å². The van der Waals surface area contributed by atoms with Crippen molar-refractivity contribution in [2.24, 2.45) is 5.92 Å². The summed E-state index contributed by atoms with van der Waals surface area (Å²) in [7, 11) is -3.70. The Morgan fingerprint density at radius 2 is 1.90 bits per heavy atom. The van der Waals surface area contributed by atoms with Gasteiger partial charge in [-0.25, -0.2) is 13.1 Å². The highest BCUT2D eigenvalue weighted by molar-refractivity contribution is 9.10. The van der Waals surface area contributed by atoms with Crippen LogP contribution in [0.3, 0.4) is 0 Å². The van der Waals surface area contributed by atoms with Crippen LogP contribution in [0.25, 0.3) is 0 Å². The van der Waals surface area contributed by atoms with Gasteiger partial charge in [0.1, 0.15) is 17.6 Å². The van der Waals surface area contributed by atoms with Crippen molar-refractivity contribution >= 4 is 49.2 Å². The average Bonchev–Trinajstić information content (AvgIpc) is 2.75. The molecule has 10 heteroatoms. The zero-order valence-corrected chi connectivity index (χ0v) is 20.6. The number of nitrogens with one attached hydrogen (secondary N) is 1. The Balaban J connectivity index is 1.25. The number of halogens is 3. The molecule has 1 atom stereocenters. The summed E-state index contributed by atoms with van der Waals surface area (Å²) in [6.45, 7) is 3.45. The van der Waals surface area contributed by atoms with Gasteiger partial charge < -0.3 is 9.47 Å². The van der Waals surface area contributed by atoms with E-state index in [1.807, 2.05) is 18.2 Å². The second kappa shape index (κ2) is 9.85. The van der Waals surface area contributed by atoms with Gasteiger partial charge in [-0.3, -0.25) is 4.90 Å². The minimum absolute atomic E-state index is 0.0143. The predicted octanol–water partition coefficient (Wildman–Crippen LogP) is 4.59. The number of hydrogen-bond acceptors (Lipinski definition) is 5. The fourth-order valence-corrected chi connectivity index (χ4v) is 6.05. The lowest BCUT2D eigenvalue weighted by atomic mass is 9.97. The fourth-order valence-electron chi connectivity index (χ4n) is 3.84. The van der Waals surface area contributed by atoms with Crippen molar-refractivity contribution in [3.63, 3.8) is 0 Å². The molecule has 0 amide bonds. The van der Waals surface area contributed by atoms with Gasteiger partial charge >= 0.3 is 0 Å². The van der Waals surface area contributed by atoms with Crippen LogP contribution in [0.2, 0.25) is 10.0 Å². The van der Waals surface area contributed by atoms with Crippen molar-refractivity contribution in [3.05, 3.63) is 50.9 Å². The zero-order chi connectivity index (χ0) is 22.0. The van der Waals surface area contributed by atoms with Crippen LogP contribution >= 0.6 is 39.1 Å². The summed E-state index contributed by atoms with van der Waals surface area (Å²) in [5.41, 5.74) is 0. The van der Waals surface area contributed by atoms with Crippen molar-refractivity contribution in [2.75, 3.05) is 32.8 Å². The number of likely N-dealkylation sites (tertiary alicyclic amines) is 1. The Morgan fingerprint density at radius 3 is 2.68 bits per heavy atom. The minimum Gasteiger partial charge on any atom is -0.486 e. The number of hydrogen-bond donors (Lipinski definition) is 1. The zero-order valence-electron chi connectivity index (χ0n) is 16.7. The molecule has 1 unspecified atom stereocenters. The van der Waals surface area contributed by atoms with E-state index in [-0.39, 0.29) is 27.0 Å². The number of ether oxygens (including phenoxy) is 2. The van der Waals surface area contributed by atoms with E-state index < -0.39 is 10.0 Å². The van der Waals surface area contributed by atoms with Gasteiger partial charge in [0.05, 0.1) is 10.0 Å². The number of nitrogens with zero attached hydrogens (tertiary/aromatic N) is 1. The van der Waals surface area contributed by atoms with Crippen LogP contribution in [0.1, 0.15) is 12.8 Å². The standard InChI is InChI=1S/C21H23BrCl2N2O4S/c22-15-4-5-18-19(10-15)30-16(13-29-18)12-26-8-6-14(7-9-26)11-25-31(27,28)20-3-1-2-17(23)21(20)24/h1-5,10,14,16,25H,6-9,11-13H2. The molecule has 2 heterocycles. The first-order valence-corrected chi connectivity index (χ1v) is 13.1. The van der Waals surface area contributed by atoms with Crippen molar-refractivity contribution in [1.29, 1.82) is 0 Å². The van der Waals surface area contributed by atoms with Gasteiger partial charge in [0, 0.05) is 17.6 Å². The summed E-state index contributed by atoms with van der Waals surface area (Å²) in [5.74, 6) is 1.80. The smallest absolute Gasteiger partial charge is 0.242 e. The first-order chi connectivity index (χ1) is 14.8. The van der Waals surface area contributed by atoms with Crippen LogP contribution in [0.15, 0.2) is 45.8 Å². The van der Waals surface area contributed by atoms with E-state index in [9.17, 15) is 8.42 Å². The molecule has 0 aromatic heterocycles. The van der Waals surface area contributed by atoms with Gasteiger partial charge in [0.15, 0.2) is 11.5 Å². The molecule has 2 aliphatic heterocycles. The second-order valence-corrected chi connectivity index (χ2v) is 11.2. The van der Waals surface area contributed by atoms with E-state index in [2.05, 4.69) is 25.6 Å². The van der Waals surface area contributed by atoms with Gasteiger partial charge in [-0.15, -0.1) is 0 Å². The highest BCUT2D eigenvalue weighted by Crippen LogP contribution is 2.34. The Bertz CT molecular complexity index is 1050. The quantitative estimate of drug-likeness (QED) is 0.571. The lowest BCUT2D eigenvalue weighted by molar-refractivity contribution is 0.0480. The molecule has 2 aromatic rings. The molecule has 1 N–H and O–H groups in total. The molecule has 0 radical (unpaired) electrons. The topological polar surface area (TPSA) is 67.9 Å². The molecule has 168 valence electrons. The summed E-state index contributed by atoms with van der Waals surface area (Å²) in [6, 6.07) is 10.4. The molecule has 1 saturated heterocycles. The van der Waals surface area contributed by atoms with Crippen molar-refractivity contribution < 1.29 is 17.9 Å². The summed E-state index contributed by atoms with van der Waals surface area (Å²) >= 11 is 15.5. The second-order valence-electron chi connectivity index (χ2n) is 7.79. The van der Waals surface area contributed by atoms with Crippen LogP contribution in [0.4, 0.5) is 0 Å². The summed E-state index contributed by atoms with van der Waals surface area (Å²) in [4.78, 5) is 2.36. The molecular formula is C21H23BrCl2N2O4S. The highest BCUT2D eigenvalue weighted by Gasteiger charge is 2.27. The van der Waals surface area contributed by atoms with Gasteiger partial charge in [0.2, 0.25) is 10.0 Å². The third-order valence-electron chi connectivity index (χ3n) is 5.56. The fraction of sp³-hybridized carbons (Fsp3) is 0.429. The largest absolute Gasteiger partial charge is 0.486 e. The van der Waals surface area contributed by atoms with Gasteiger partial charge in [-0.2, -0.15) is 0 Å². The summed E-state index contributed by atoms with van der Waals surface area (Å²) in [6.07, 6.45) is 1.78. The Hall–Kier alpha value is -1.03.